The van der Waals surface area contributed by atoms with Crippen LogP contribution in [0, 0.1) is 11.6 Å². The number of anilines is 1. The molecule has 0 saturated carbocycles. The van der Waals surface area contributed by atoms with Crippen molar-refractivity contribution >= 4 is 23.5 Å². The van der Waals surface area contributed by atoms with Crippen molar-refractivity contribution in [3.8, 4) is 0 Å². The number of piperazine rings is 1. The number of amidine groups is 1. The number of aromatic nitrogens is 1. The summed E-state index contributed by atoms with van der Waals surface area (Å²) in [7, 11) is 0. The fraction of sp³-hybridized carbons (Fsp3) is 0.263. The minimum Gasteiger partial charge on any atom is -0.339 e. The lowest BCUT2D eigenvalue weighted by atomic mass is 10.2. The van der Waals surface area contributed by atoms with Crippen LogP contribution >= 0.6 is 0 Å². The minimum atomic E-state index is -0.927. The van der Waals surface area contributed by atoms with Gasteiger partial charge in [0.15, 0.2) is 11.6 Å². The highest BCUT2D eigenvalue weighted by Gasteiger charge is 2.25. The maximum absolute atomic E-state index is 13.5. The zero-order valence-corrected chi connectivity index (χ0v) is 15.5. The van der Waals surface area contributed by atoms with Gasteiger partial charge < -0.3 is 20.4 Å². The number of pyridine rings is 1. The number of urea groups is 1. The number of hydrogen-bond donors (Lipinski definition) is 2. The van der Waals surface area contributed by atoms with Crippen LogP contribution in [0.1, 0.15) is 5.56 Å². The van der Waals surface area contributed by atoms with Crippen molar-refractivity contribution in [2.75, 3.05) is 38.2 Å². The largest absolute Gasteiger partial charge is 0.339 e. The van der Waals surface area contributed by atoms with Crippen LogP contribution in [-0.2, 0) is 0 Å². The molecule has 1 saturated heterocycles. The van der Waals surface area contributed by atoms with Crippen molar-refractivity contribution in [3.05, 3.63) is 59.9 Å². The molecule has 4 rings (SSSR count). The molecule has 1 fully saturated rings. The van der Waals surface area contributed by atoms with Crippen molar-refractivity contribution in [1.29, 1.82) is 0 Å². The average molecular weight is 399 g/mol. The maximum Gasteiger partial charge on any atom is 0.322 e. The molecule has 29 heavy (non-hydrogen) atoms. The monoisotopic (exact) mass is 399 g/mol. The highest BCUT2D eigenvalue weighted by atomic mass is 19.2. The zero-order chi connectivity index (χ0) is 20.2. The van der Waals surface area contributed by atoms with Gasteiger partial charge in [-0.25, -0.2) is 23.6 Å². The molecule has 150 valence electrons. The van der Waals surface area contributed by atoms with Gasteiger partial charge in [-0.2, -0.15) is 0 Å². The van der Waals surface area contributed by atoms with Crippen LogP contribution in [0.4, 0.5) is 19.3 Å². The number of halogens is 2. The lowest BCUT2D eigenvalue weighted by molar-refractivity contribution is 0.180. The normalized spacial score (nSPS) is 16.6. The molecule has 1 aromatic heterocycles. The summed E-state index contributed by atoms with van der Waals surface area (Å²) >= 11 is 0. The fourth-order valence-corrected chi connectivity index (χ4v) is 3.10. The molecular formula is C19H19F2N7O. The molecule has 3 heterocycles. The quantitative estimate of drug-likeness (QED) is 0.808. The van der Waals surface area contributed by atoms with Crippen molar-refractivity contribution in [1.82, 2.24) is 20.1 Å². The maximum atomic E-state index is 13.5. The highest BCUT2D eigenvalue weighted by molar-refractivity contribution is 6.09. The van der Waals surface area contributed by atoms with Crippen LogP contribution in [-0.4, -0.2) is 65.5 Å². The number of rotatable bonds is 2. The molecule has 8 nitrogen and oxygen atoms in total. The highest BCUT2D eigenvalue weighted by Crippen LogP contribution is 2.12. The summed E-state index contributed by atoms with van der Waals surface area (Å²) in [6, 6.07) is 6.99. The Morgan fingerprint density at radius 3 is 2.62 bits per heavy atom. The van der Waals surface area contributed by atoms with E-state index in [9.17, 15) is 13.6 Å². The summed E-state index contributed by atoms with van der Waals surface area (Å²) in [4.78, 5) is 28.7. The number of nitrogens with zero attached hydrogens (tertiary/aromatic N) is 5. The number of benzene rings is 1. The molecule has 0 spiro atoms. The SMILES string of the molecule is O=C(Nc1cccnc1)N1CCN(C2=NCN=C(c3ccc(F)c(F)c3)N2)CC1. The zero-order valence-electron chi connectivity index (χ0n) is 15.5. The fourth-order valence-electron chi connectivity index (χ4n) is 3.10. The van der Waals surface area contributed by atoms with Crippen molar-refractivity contribution in [2.45, 2.75) is 0 Å². The van der Waals surface area contributed by atoms with E-state index in [0.29, 0.717) is 49.2 Å². The Balaban J connectivity index is 1.33. The van der Waals surface area contributed by atoms with Gasteiger partial charge in [0.25, 0.3) is 0 Å². The molecule has 2 amide bonds. The molecule has 2 aliphatic rings. The Hall–Kier alpha value is -3.56. The topological polar surface area (TPSA) is 85.2 Å². The van der Waals surface area contributed by atoms with Gasteiger partial charge in [-0.1, -0.05) is 0 Å². The van der Waals surface area contributed by atoms with Gasteiger partial charge >= 0.3 is 6.03 Å². The molecule has 0 unspecified atom stereocenters. The Kier molecular flexibility index (Phi) is 5.32. The van der Waals surface area contributed by atoms with Crippen molar-refractivity contribution < 1.29 is 13.6 Å². The molecule has 0 bridgehead atoms. The molecule has 2 N–H and O–H groups in total. The summed E-state index contributed by atoms with van der Waals surface area (Å²) in [5, 5.41) is 5.90. The molecule has 0 atom stereocenters. The minimum absolute atomic E-state index is 0.180. The number of carbonyl (C=O) groups is 1. The Morgan fingerprint density at radius 2 is 1.90 bits per heavy atom. The third kappa shape index (κ3) is 4.31. The Labute approximate surface area is 166 Å². The van der Waals surface area contributed by atoms with Crippen LogP contribution in [0.15, 0.2) is 52.7 Å². The molecular weight excluding hydrogens is 380 g/mol. The molecule has 2 aromatic rings. The van der Waals surface area contributed by atoms with Crippen LogP contribution in [0.3, 0.4) is 0 Å². The Bertz CT molecular complexity index is 956. The number of amides is 2. The van der Waals surface area contributed by atoms with Gasteiger partial charge in [0, 0.05) is 37.9 Å². The molecule has 0 aliphatic carbocycles. The van der Waals surface area contributed by atoms with Gasteiger partial charge in [-0.3, -0.25) is 4.98 Å². The van der Waals surface area contributed by atoms with E-state index in [0.717, 1.165) is 12.1 Å². The van der Waals surface area contributed by atoms with E-state index in [1.54, 1.807) is 29.4 Å². The van der Waals surface area contributed by atoms with E-state index in [1.807, 2.05) is 4.90 Å². The first-order valence-electron chi connectivity index (χ1n) is 9.12. The molecule has 10 heteroatoms. The molecule has 0 radical (unpaired) electrons. The summed E-state index contributed by atoms with van der Waals surface area (Å²) in [6.45, 7) is 2.39. The first-order valence-corrected chi connectivity index (χ1v) is 9.12. The van der Waals surface area contributed by atoms with Gasteiger partial charge in [0.05, 0.1) is 11.9 Å². The van der Waals surface area contributed by atoms with E-state index < -0.39 is 11.6 Å². The second-order valence-electron chi connectivity index (χ2n) is 6.53. The van der Waals surface area contributed by atoms with Crippen LogP contribution in [0.25, 0.3) is 0 Å². The lowest BCUT2D eigenvalue weighted by Crippen LogP contribution is -2.56. The average Bonchev–Trinajstić information content (AvgIpc) is 2.76. The summed E-state index contributed by atoms with van der Waals surface area (Å²) in [5.41, 5.74) is 1.09. The third-order valence-corrected chi connectivity index (χ3v) is 4.65. The first-order chi connectivity index (χ1) is 14.1. The van der Waals surface area contributed by atoms with Crippen LogP contribution in [0.2, 0.25) is 0 Å². The standard InChI is InChI=1S/C19H19F2N7O/c20-15-4-3-13(10-16(15)21)17-23-12-24-18(26-17)27-6-8-28(9-7-27)19(29)25-14-2-1-5-22-11-14/h1-5,10-11H,6-9,12H2,(H,25,29)(H,23,24,26). The second kappa shape index (κ2) is 8.21. The molecule has 1 aromatic carbocycles. The smallest absolute Gasteiger partial charge is 0.322 e. The lowest BCUT2D eigenvalue weighted by Gasteiger charge is -2.37. The van der Waals surface area contributed by atoms with E-state index in [4.69, 9.17) is 0 Å². The van der Waals surface area contributed by atoms with E-state index >= 15 is 0 Å². The number of hydrogen-bond acceptors (Lipinski definition) is 6. The first kappa shape index (κ1) is 18.8. The van der Waals surface area contributed by atoms with E-state index in [2.05, 4.69) is 25.6 Å². The van der Waals surface area contributed by atoms with Gasteiger partial charge in [-0.15, -0.1) is 0 Å². The van der Waals surface area contributed by atoms with Crippen LogP contribution in [0.5, 0.6) is 0 Å². The van der Waals surface area contributed by atoms with E-state index in [1.165, 1.54) is 6.07 Å². The van der Waals surface area contributed by atoms with Crippen molar-refractivity contribution in [2.24, 2.45) is 9.98 Å². The van der Waals surface area contributed by atoms with Crippen molar-refractivity contribution in [3.63, 3.8) is 0 Å². The van der Waals surface area contributed by atoms with E-state index in [-0.39, 0.29) is 12.7 Å². The summed E-state index contributed by atoms with van der Waals surface area (Å²) < 4.78 is 26.7. The number of nitrogens with one attached hydrogen (secondary N) is 2. The van der Waals surface area contributed by atoms with Gasteiger partial charge in [0.1, 0.15) is 12.5 Å². The Morgan fingerprint density at radius 1 is 1.07 bits per heavy atom. The third-order valence-electron chi connectivity index (χ3n) is 4.65. The van der Waals surface area contributed by atoms with Gasteiger partial charge in [0.2, 0.25) is 5.96 Å². The predicted molar refractivity (Wildman–Crippen MR) is 105 cm³/mol. The summed E-state index contributed by atoms with van der Waals surface area (Å²) in [5.74, 6) is -0.790. The number of carbonyl (C=O) groups excluding carboxylic acids is 1. The number of guanidine groups is 1. The predicted octanol–water partition coefficient (Wildman–Crippen LogP) is 1.87. The second-order valence-corrected chi connectivity index (χ2v) is 6.53. The van der Waals surface area contributed by atoms with Gasteiger partial charge in [-0.05, 0) is 30.3 Å². The molecule has 2 aliphatic heterocycles. The van der Waals surface area contributed by atoms with Crippen LogP contribution < -0.4 is 10.6 Å². The number of aliphatic imine (C=N–C) groups is 2. The summed E-state index contributed by atoms with van der Waals surface area (Å²) in [6.07, 6.45) is 3.23.